The van der Waals surface area contributed by atoms with Gasteiger partial charge in [0.25, 0.3) is 0 Å². The summed E-state index contributed by atoms with van der Waals surface area (Å²) in [6.07, 6.45) is 3.86. The zero-order valence-electron chi connectivity index (χ0n) is 16.5. The van der Waals surface area contributed by atoms with Gasteiger partial charge in [0.2, 0.25) is 0 Å². The van der Waals surface area contributed by atoms with Gasteiger partial charge >= 0.3 is 6.09 Å². The second-order valence-corrected chi connectivity index (χ2v) is 6.91. The van der Waals surface area contributed by atoms with Crippen LogP contribution in [0.5, 0.6) is 5.75 Å². The van der Waals surface area contributed by atoms with Crippen LogP contribution >= 0.6 is 0 Å². The van der Waals surface area contributed by atoms with Gasteiger partial charge in [0.05, 0.1) is 24.0 Å². The number of hydrogen-bond donors (Lipinski definition) is 2. The molecular weight excluding hydrogens is 405 g/mol. The molecule has 0 spiro atoms. The molecule has 1 unspecified atom stereocenters. The third kappa shape index (κ3) is 3.35. The van der Waals surface area contributed by atoms with Crippen LogP contribution in [0, 0.1) is 5.82 Å². The Hall–Kier alpha value is -4.28. The van der Waals surface area contributed by atoms with Crippen molar-refractivity contribution >= 4 is 28.2 Å². The van der Waals surface area contributed by atoms with Gasteiger partial charge in [0, 0.05) is 24.7 Å². The third-order valence-electron chi connectivity index (χ3n) is 4.82. The van der Waals surface area contributed by atoms with E-state index in [0.717, 1.165) is 5.39 Å². The minimum atomic E-state index is -0.684. The number of carbonyl (C=O) groups is 1. The molecule has 0 saturated heterocycles. The number of nitrogens with one attached hydrogen (secondary N) is 2. The van der Waals surface area contributed by atoms with E-state index in [-0.39, 0.29) is 11.6 Å². The Kier molecular flexibility index (Phi) is 4.35. The van der Waals surface area contributed by atoms with Gasteiger partial charge in [-0.25, -0.2) is 19.2 Å². The average molecular weight is 421 g/mol. The highest BCUT2D eigenvalue weighted by Gasteiger charge is 2.19. The van der Waals surface area contributed by atoms with Gasteiger partial charge in [0.1, 0.15) is 17.2 Å². The number of hydrogen-bond acceptors (Lipinski definition) is 7. The van der Waals surface area contributed by atoms with Crippen molar-refractivity contribution in [3.63, 3.8) is 0 Å². The van der Waals surface area contributed by atoms with Crippen LogP contribution in [0.1, 0.15) is 18.7 Å². The van der Waals surface area contributed by atoms with E-state index in [4.69, 9.17) is 9.26 Å². The number of H-pyrrole nitrogens is 1. The van der Waals surface area contributed by atoms with Crippen molar-refractivity contribution < 1.29 is 18.4 Å². The highest BCUT2D eigenvalue weighted by molar-refractivity contribution is 5.93. The molecule has 1 amide bonds. The van der Waals surface area contributed by atoms with Crippen molar-refractivity contribution in [3.8, 4) is 17.1 Å². The first-order valence-corrected chi connectivity index (χ1v) is 9.35. The fourth-order valence-corrected chi connectivity index (χ4v) is 3.31. The zero-order valence-corrected chi connectivity index (χ0v) is 16.5. The molecule has 0 bridgehead atoms. The number of fused-ring (bicyclic) bond motifs is 2. The number of carbonyl (C=O) groups excluding carboxylic acids is 1. The SMILES string of the molecule is CC(NC(=O)Oc1c[nH]c2ncc(-c3nn(C)c4cc(F)ccc34)nc12)c1ccno1. The molecule has 5 aromatic rings. The van der Waals surface area contributed by atoms with Gasteiger partial charge in [-0.3, -0.25) is 4.68 Å². The van der Waals surface area contributed by atoms with Gasteiger partial charge < -0.3 is 19.6 Å². The Morgan fingerprint density at radius 2 is 2.23 bits per heavy atom. The monoisotopic (exact) mass is 421 g/mol. The molecule has 0 aliphatic rings. The molecule has 1 atom stereocenters. The van der Waals surface area contributed by atoms with Crippen molar-refractivity contribution in [2.75, 3.05) is 0 Å². The lowest BCUT2D eigenvalue weighted by atomic mass is 10.1. The quantitative estimate of drug-likeness (QED) is 0.455. The maximum Gasteiger partial charge on any atom is 0.413 e. The van der Waals surface area contributed by atoms with Crippen molar-refractivity contribution in [1.29, 1.82) is 0 Å². The van der Waals surface area contributed by atoms with E-state index in [2.05, 4.69) is 30.5 Å². The van der Waals surface area contributed by atoms with E-state index in [1.807, 2.05) is 0 Å². The molecule has 11 heteroatoms. The number of ether oxygens (including phenoxy) is 1. The topological polar surface area (TPSA) is 124 Å². The number of aryl methyl sites for hydroxylation is 1. The predicted octanol–water partition coefficient (Wildman–Crippen LogP) is 3.49. The summed E-state index contributed by atoms with van der Waals surface area (Å²) in [6.45, 7) is 1.74. The lowest BCUT2D eigenvalue weighted by Crippen LogP contribution is -2.29. The molecule has 4 heterocycles. The predicted molar refractivity (Wildman–Crippen MR) is 108 cm³/mol. The summed E-state index contributed by atoms with van der Waals surface area (Å²) in [5.74, 6) is 0.352. The molecule has 5 rings (SSSR count). The first-order chi connectivity index (χ1) is 15.0. The maximum atomic E-state index is 13.6. The molecule has 0 radical (unpaired) electrons. The number of rotatable bonds is 4. The normalized spacial score (nSPS) is 12.4. The highest BCUT2D eigenvalue weighted by Crippen LogP contribution is 2.30. The Morgan fingerprint density at radius 1 is 1.35 bits per heavy atom. The first kappa shape index (κ1) is 18.7. The van der Waals surface area contributed by atoms with Crippen LogP contribution in [-0.4, -0.2) is 36.0 Å². The van der Waals surface area contributed by atoms with E-state index in [1.165, 1.54) is 24.5 Å². The molecule has 10 nitrogen and oxygen atoms in total. The van der Waals surface area contributed by atoms with E-state index in [1.54, 1.807) is 37.0 Å². The molecule has 0 saturated carbocycles. The molecule has 4 aromatic heterocycles. The van der Waals surface area contributed by atoms with E-state index < -0.39 is 12.1 Å². The Morgan fingerprint density at radius 3 is 3.03 bits per heavy atom. The van der Waals surface area contributed by atoms with Crippen LogP contribution in [0.25, 0.3) is 33.5 Å². The van der Waals surface area contributed by atoms with Crippen molar-refractivity contribution in [1.82, 2.24) is 35.2 Å². The molecule has 0 aliphatic heterocycles. The van der Waals surface area contributed by atoms with E-state index in [9.17, 15) is 9.18 Å². The summed E-state index contributed by atoms with van der Waals surface area (Å²) in [5.41, 5.74) is 2.44. The second-order valence-electron chi connectivity index (χ2n) is 6.91. The van der Waals surface area contributed by atoms with Crippen molar-refractivity contribution in [2.24, 2.45) is 7.05 Å². The van der Waals surface area contributed by atoms with E-state index in [0.29, 0.717) is 33.8 Å². The Bertz CT molecular complexity index is 1410. The molecule has 31 heavy (non-hydrogen) atoms. The fraction of sp³-hybridized carbons (Fsp3) is 0.150. The van der Waals surface area contributed by atoms with Gasteiger partial charge in [-0.1, -0.05) is 5.16 Å². The summed E-state index contributed by atoms with van der Waals surface area (Å²) in [5, 5.41) is 11.5. The lowest BCUT2D eigenvalue weighted by Gasteiger charge is -2.10. The van der Waals surface area contributed by atoms with Crippen LogP contribution < -0.4 is 10.1 Å². The average Bonchev–Trinajstić information content (AvgIpc) is 3.48. The third-order valence-corrected chi connectivity index (χ3v) is 4.82. The lowest BCUT2D eigenvalue weighted by molar-refractivity contribution is 0.194. The Balaban J connectivity index is 1.46. The molecule has 156 valence electrons. The second kappa shape index (κ2) is 7.20. The maximum absolute atomic E-state index is 13.6. The van der Waals surface area contributed by atoms with Crippen LogP contribution in [0.2, 0.25) is 0 Å². The summed E-state index contributed by atoms with van der Waals surface area (Å²) in [4.78, 5) is 24.2. The molecule has 2 N–H and O–H groups in total. The number of aromatic nitrogens is 6. The highest BCUT2D eigenvalue weighted by atomic mass is 19.1. The van der Waals surface area contributed by atoms with Gasteiger partial charge in [0.15, 0.2) is 22.7 Å². The van der Waals surface area contributed by atoms with Gasteiger partial charge in [-0.2, -0.15) is 5.10 Å². The van der Waals surface area contributed by atoms with Crippen LogP contribution in [0.15, 0.2) is 47.4 Å². The minimum absolute atomic E-state index is 0.206. The zero-order chi connectivity index (χ0) is 21.5. The van der Waals surface area contributed by atoms with Gasteiger partial charge in [-0.05, 0) is 25.1 Å². The van der Waals surface area contributed by atoms with E-state index >= 15 is 0 Å². The van der Waals surface area contributed by atoms with Crippen LogP contribution in [-0.2, 0) is 7.05 Å². The number of nitrogens with zero attached hydrogens (tertiary/aromatic N) is 5. The number of aromatic amines is 1. The van der Waals surface area contributed by atoms with Crippen molar-refractivity contribution in [3.05, 3.63) is 54.4 Å². The summed E-state index contributed by atoms with van der Waals surface area (Å²) in [6, 6.07) is 5.64. The number of amides is 1. The summed E-state index contributed by atoms with van der Waals surface area (Å²) >= 11 is 0. The first-order valence-electron chi connectivity index (χ1n) is 9.35. The number of halogens is 1. The fourth-order valence-electron chi connectivity index (χ4n) is 3.31. The van der Waals surface area contributed by atoms with Crippen LogP contribution in [0.4, 0.5) is 9.18 Å². The van der Waals surface area contributed by atoms with Crippen molar-refractivity contribution in [2.45, 2.75) is 13.0 Å². The Labute approximate surface area is 174 Å². The molecule has 0 aliphatic carbocycles. The van der Waals surface area contributed by atoms with Gasteiger partial charge in [-0.15, -0.1) is 0 Å². The number of benzene rings is 1. The smallest absolute Gasteiger partial charge is 0.406 e. The summed E-state index contributed by atoms with van der Waals surface area (Å²) in [7, 11) is 1.72. The minimum Gasteiger partial charge on any atom is -0.406 e. The largest absolute Gasteiger partial charge is 0.413 e. The summed E-state index contributed by atoms with van der Waals surface area (Å²) < 4.78 is 25.6. The molecular formula is C20H16FN7O3. The molecule has 0 fully saturated rings. The standard InChI is InChI=1S/C20H16FN7O3/c1-10(15-5-6-24-31-15)25-20(29)30-16-9-23-19-18(16)26-13(8-22-19)17-12-4-3-11(21)7-14(12)28(2)27-17/h3-10H,1-2H3,(H,22,23)(H,25,29). The molecule has 1 aromatic carbocycles. The van der Waals surface area contributed by atoms with Crippen LogP contribution in [0.3, 0.4) is 0 Å².